The van der Waals surface area contributed by atoms with Crippen LogP contribution in [0.25, 0.3) is 0 Å². The molecular formula is C16H17NO4. The standard InChI is InChI=1S/C16H17NO4/c1-4-10-7-6-8-11(5-2)13(10)17-15(20)12(9(3)18)14(19)16(17)21/h6-8,12H,4-5H2,1-3H3. The predicted molar refractivity (Wildman–Crippen MR) is 76.9 cm³/mol. The van der Waals surface area contributed by atoms with E-state index < -0.39 is 29.3 Å². The number of benzene rings is 1. The second kappa shape index (κ2) is 5.60. The predicted octanol–water partition coefficient (Wildman–Crippen LogP) is 1.46. The first kappa shape index (κ1) is 15.1. The number of rotatable bonds is 4. The zero-order valence-electron chi connectivity index (χ0n) is 12.3. The van der Waals surface area contributed by atoms with Gasteiger partial charge in [-0.05, 0) is 30.9 Å². The third kappa shape index (κ3) is 2.28. The van der Waals surface area contributed by atoms with Crippen LogP contribution in [0, 0.1) is 5.92 Å². The lowest BCUT2D eigenvalue weighted by Crippen LogP contribution is -2.33. The van der Waals surface area contributed by atoms with E-state index in [1.165, 1.54) is 0 Å². The number of hydrogen-bond donors (Lipinski definition) is 0. The Kier molecular flexibility index (Phi) is 4.02. The van der Waals surface area contributed by atoms with Crippen molar-refractivity contribution in [3.05, 3.63) is 29.3 Å². The first-order valence-electron chi connectivity index (χ1n) is 6.97. The van der Waals surface area contributed by atoms with E-state index in [2.05, 4.69) is 0 Å². The number of amides is 2. The minimum Gasteiger partial charge on any atom is -0.299 e. The van der Waals surface area contributed by atoms with Crippen molar-refractivity contribution in [2.24, 2.45) is 5.92 Å². The molecule has 0 radical (unpaired) electrons. The molecule has 1 aliphatic rings. The maximum Gasteiger partial charge on any atom is 0.302 e. The van der Waals surface area contributed by atoms with E-state index in [4.69, 9.17) is 0 Å². The molecule has 0 aliphatic carbocycles. The Morgan fingerprint density at radius 2 is 1.62 bits per heavy atom. The van der Waals surface area contributed by atoms with Crippen LogP contribution in [0.15, 0.2) is 18.2 Å². The van der Waals surface area contributed by atoms with Gasteiger partial charge in [0.25, 0.3) is 5.91 Å². The van der Waals surface area contributed by atoms with E-state index in [1.807, 2.05) is 32.0 Å². The second-order valence-corrected chi connectivity index (χ2v) is 5.02. The minimum absolute atomic E-state index is 0.467. The van der Waals surface area contributed by atoms with Crippen molar-refractivity contribution in [3.63, 3.8) is 0 Å². The topological polar surface area (TPSA) is 71.5 Å². The Morgan fingerprint density at radius 3 is 2.00 bits per heavy atom. The fourth-order valence-electron chi connectivity index (χ4n) is 2.65. The number of aryl methyl sites for hydroxylation is 2. The molecule has 2 rings (SSSR count). The van der Waals surface area contributed by atoms with E-state index in [9.17, 15) is 19.2 Å². The smallest absolute Gasteiger partial charge is 0.299 e. The molecule has 1 atom stereocenters. The van der Waals surface area contributed by atoms with E-state index in [0.29, 0.717) is 18.5 Å². The fraction of sp³-hybridized carbons (Fsp3) is 0.375. The van der Waals surface area contributed by atoms with Crippen molar-refractivity contribution in [3.8, 4) is 0 Å². The number of nitrogens with zero attached hydrogens (tertiary/aromatic N) is 1. The van der Waals surface area contributed by atoms with Gasteiger partial charge in [-0.2, -0.15) is 0 Å². The van der Waals surface area contributed by atoms with Crippen LogP contribution in [0.3, 0.4) is 0 Å². The Bertz CT molecular complexity index is 625. The summed E-state index contributed by atoms with van der Waals surface area (Å²) in [5.74, 6) is -4.63. The van der Waals surface area contributed by atoms with Crippen molar-refractivity contribution in [1.82, 2.24) is 0 Å². The van der Waals surface area contributed by atoms with E-state index >= 15 is 0 Å². The maximum atomic E-state index is 12.4. The molecule has 1 saturated heterocycles. The van der Waals surface area contributed by atoms with Crippen LogP contribution in [-0.4, -0.2) is 23.4 Å². The van der Waals surface area contributed by atoms with Gasteiger partial charge in [0.05, 0.1) is 5.69 Å². The van der Waals surface area contributed by atoms with Crippen LogP contribution in [-0.2, 0) is 32.0 Å². The summed E-state index contributed by atoms with van der Waals surface area (Å²) in [6, 6.07) is 5.50. The Labute approximate surface area is 122 Å². The highest BCUT2D eigenvalue weighted by molar-refractivity contribution is 6.59. The van der Waals surface area contributed by atoms with Gasteiger partial charge in [-0.3, -0.25) is 19.2 Å². The maximum absolute atomic E-state index is 12.4. The molecule has 1 aliphatic heterocycles. The second-order valence-electron chi connectivity index (χ2n) is 5.02. The lowest BCUT2D eigenvalue weighted by molar-refractivity contribution is -0.139. The molecule has 1 heterocycles. The van der Waals surface area contributed by atoms with Crippen molar-refractivity contribution in [2.75, 3.05) is 4.90 Å². The summed E-state index contributed by atoms with van der Waals surface area (Å²) in [7, 11) is 0. The molecule has 1 aromatic carbocycles. The third-order valence-electron chi connectivity index (χ3n) is 3.74. The number of imide groups is 1. The van der Waals surface area contributed by atoms with Gasteiger partial charge < -0.3 is 0 Å². The molecule has 0 saturated carbocycles. The summed E-state index contributed by atoms with van der Waals surface area (Å²) in [5, 5.41) is 0. The summed E-state index contributed by atoms with van der Waals surface area (Å²) in [6.07, 6.45) is 1.25. The Balaban J connectivity index is 2.62. The average molecular weight is 287 g/mol. The molecular weight excluding hydrogens is 270 g/mol. The van der Waals surface area contributed by atoms with Gasteiger partial charge >= 0.3 is 5.91 Å². The number of ketones is 2. The molecule has 0 spiro atoms. The molecule has 2 amide bonds. The zero-order valence-corrected chi connectivity index (χ0v) is 12.3. The summed E-state index contributed by atoms with van der Waals surface area (Å²) < 4.78 is 0. The average Bonchev–Trinajstić information content (AvgIpc) is 2.68. The molecule has 1 fully saturated rings. The van der Waals surface area contributed by atoms with Gasteiger partial charge in [0.1, 0.15) is 5.78 Å². The van der Waals surface area contributed by atoms with Crippen LogP contribution in [0.1, 0.15) is 31.9 Å². The lowest BCUT2D eigenvalue weighted by Gasteiger charge is -2.20. The van der Waals surface area contributed by atoms with Gasteiger partial charge in [-0.25, -0.2) is 4.90 Å². The third-order valence-corrected chi connectivity index (χ3v) is 3.74. The van der Waals surface area contributed by atoms with Crippen molar-refractivity contribution >= 4 is 29.1 Å². The van der Waals surface area contributed by atoms with E-state index in [-0.39, 0.29) is 0 Å². The van der Waals surface area contributed by atoms with Gasteiger partial charge in [0.2, 0.25) is 5.78 Å². The molecule has 0 aromatic heterocycles. The quantitative estimate of drug-likeness (QED) is 0.477. The van der Waals surface area contributed by atoms with E-state index in [0.717, 1.165) is 23.0 Å². The summed E-state index contributed by atoms with van der Waals surface area (Å²) in [4.78, 5) is 48.8. The Hall–Kier alpha value is -2.30. The van der Waals surface area contributed by atoms with Crippen molar-refractivity contribution in [2.45, 2.75) is 33.6 Å². The monoisotopic (exact) mass is 287 g/mol. The normalized spacial score (nSPS) is 18.5. The minimum atomic E-state index is -1.48. The number of hydrogen-bond acceptors (Lipinski definition) is 4. The highest BCUT2D eigenvalue weighted by Crippen LogP contribution is 2.32. The first-order chi connectivity index (χ1) is 9.93. The molecule has 1 aromatic rings. The van der Waals surface area contributed by atoms with Crippen LogP contribution < -0.4 is 4.90 Å². The van der Waals surface area contributed by atoms with Crippen LogP contribution in [0.5, 0.6) is 0 Å². The number of carbonyl (C=O) groups is 4. The number of carbonyl (C=O) groups excluding carboxylic acids is 4. The molecule has 0 N–H and O–H groups in total. The van der Waals surface area contributed by atoms with Gasteiger partial charge in [-0.15, -0.1) is 0 Å². The van der Waals surface area contributed by atoms with Crippen molar-refractivity contribution in [1.29, 1.82) is 0 Å². The Morgan fingerprint density at radius 1 is 1.10 bits per heavy atom. The van der Waals surface area contributed by atoms with Gasteiger partial charge in [-0.1, -0.05) is 32.0 Å². The van der Waals surface area contributed by atoms with Gasteiger partial charge in [0, 0.05) is 0 Å². The van der Waals surface area contributed by atoms with Gasteiger partial charge in [0.15, 0.2) is 5.92 Å². The summed E-state index contributed by atoms with van der Waals surface area (Å²) >= 11 is 0. The lowest BCUT2D eigenvalue weighted by atomic mass is 10.0. The van der Waals surface area contributed by atoms with Crippen LogP contribution in [0.2, 0.25) is 0 Å². The van der Waals surface area contributed by atoms with Crippen LogP contribution in [0.4, 0.5) is 5.69 Å². The SMILES string of the molecule is CCc1cccc(CC)c1N1C(=O)C(=O)C(C(C)=O)C1=O. The molecule has 110 valence electrons. The first-order valence-corrected chi connectivity index (χ1v) is 6.97. The highest BCUT2D eigenvalue weighted by atomic mass is 16.2. The number of para-hydroxylation sites is 1. The highest BCUT2D eigenvalue weighted by Gasteiger charge is 2.50. The van der Waals surface area contributed by atoms with E-state index in [1.54, 1.807) is 0 Å². The summed E-state index contributed by atoms with van der Waals surface area (Å²) in [5.41, 5.74) is 2.09. The number of anilines is 1. The largest absolute Gasteiger partial charge is 0.302 e. The molecule has 1 unspecified atom stereocenters. The summed E-state index contributed by atoms with van der Waals surface area (Å²) in [6.45, 7) is 4.98. The van der Waals surface area contributed by atoms with Crippen LogP contribution >= 0.6 is 0 Å². The molecule has 21 heavy (non-hydrogen) atoms. The molecule has 5 nitrogen and oxygen atoms in total. The zero-order chi connectivity index (χ0) is 15.7. The molecule has 0 bridgehead atoms. The van der Waals surface area contributed by atoms with Crippen molar-refractivity contribution < 1.29 is 19.2 Å². The molecule has 5 heteroatoms. The number of Topliss-reactive ketones (excluding diaryl/α,β-unsaturated/α-hetero) is 2. The fourth-order valence-corrected chi connectivity index (χ4v) is 2.65.